The number of rotatable bonds is 5. The van der Waals surface area contributed by atoms with Crippen molar-refractivity contribution in [3.63, 3.8) is 0 Å². The Morgan fingerprint density at radius 2 is 0.963 bits per heavy atom. The van der Waals surface area contributed by atoms with E-state index in [9.17, 15) is 57.1 Å². The van der Waals surface area contributed by atoms with Gasteiger partial charge in [0.1, 0.15) is 0 Å². The van der Waals surface area contributed by atoms with Crippen molar-refractivity contribution in [2.75, 3.05) is 0 Å². The SMILES string of the molecule is FC(F)(F)C(F)(F)C(F)(F)C(F)(F)C(F)(F)C(F)(F)c1ccc(Br)cc1Br. The number of halogens is 15. The van der Waals surface area contributed by atoms with Crippen LogP contribution >= 0.6 is 31.9 Å². The molecule has 0 amide bonds. The molecular formula is C12H3Br2F13. The second kappa shape index (κ2) is 6.66. The molecule has 15 heteroatoms. The van der Waals surface area contributed by atoms with Gasteiger partial charge in [-0.15, -0.1) is 0 Å². The summed E-state index contributed by atoms with van der Waals surface area (Å²) in [6.07, 6.45) is -7.43. The average Bonchev–Trinajstić information content (AvgIpc) is 2.44. The summed E-state index contributed by atoms with van der Waals surface area (Å²) >= 11 is 4.94. The van der Waals surface area contributed by atoms with Crippen LogP contribution in [0.4, 0.5) is 57.1 Å². The highest BCUT2D eigenvalue weighted by molar-refractivity contribution is 9.11. The predicted octanol–water partition coefficient (Wildman–Crippen LogP) is 7.41. The van der Waals surface area contributed by atoms with Gasteiger partial charge in [-0.3, -0.25) is 0 Å². The summed E-state index contributed by atoms with van der Waals surface area (Å²) in [5.41, 5.74) is -2.05. The Hall–Kier alpha value is -0.730. The van der Waals surface area contributed by atoms with Gasteiger partial charge in [0.2, 0.25) is 0 Å². The molecule has 0 spiro atoms. The molecule has 0 radical (unpaired) electrons. The van der Waals surface area contributed by atoms with Crippen LogP contribution in [0.5, 0.6) is 0 Å². The van der Waals surface area contributed by atoms with E-state index < -0.39 is 45.8 Å². The molecule has 156 valence electrons. The minimum atomic E-state index is -7.91. The van der Waals surface area contributed by atoms with E-state index in [1.54, 1.807) is 0 Å². The fraction of sp³-hybridized carbons (Fsp3) is 0.500. The molecule has 0 atom stereocenters. The molecular weight excluding hydrogens is 551 g/mol. The molecule has 0 fully saturated rings. The summed E-state index contributed by atoms with van der Waals surface area (Å²) < 4.78 is 168. The molecule has 1 rings (SSSR count). The van der Waals surface area contributed by atoms with E-state index in [2.05, 4.69) is 31.9 Å². The zero-order valence-electron chi connectivity index (χ0n) is 11.9. The third-order valence-electron chi connectivity index (χ3n) is 3.20. The van der Waals surface area contributed by atoms with Crippen molar-refractivity contribution < 1.29 is 57.1 Å². The molecule has 1 aromatic carbocycles. The Morgan fingerprint density at radius 3 is 1.33 bits per heavy atom. The highest BCUT2D eigenvalue weighted by Gasteiger charge is 2.90. The fourth-order valence-corrected chi connectivity index (χ4v) is 2.98. The third kappa shape index (κ3) is 3.42. The topological polar surface area (TPSA) is 0 Å². The van der Waals surface area contributed by atoms with Crippen molar-refractivity contribution in [2.24, 2.45) is 0 Å². The lowest BCUT2D eigenvalue weighted by molar-refractivity contribution is -0.441. The van der Waals surface area contributed by atoms with Gasteiger partial charge in [-0.2, -0.15) is 57.1 Å². The summed E-state index contributed by atoms with van der Waals surface area (Å²) in [7, 11) is 0. The zero-order valence-corrected chi connectivity index (χ0v) is 15.1. The van der Waals surface area contributed by atoms with Crippen LogP contribution in [0.3, 0.4) is 0 Å². The Morgan fingerprint density at radius 1 is 0.556 bits per heavy atom. The molecule has 0 unspecified atom stereocenters. The molecule has 0 aliphatic rings. The second-order valence-electron chi connectivity index (χ2n) is 4.99. The highest BCUT2D eigenvalue weighted by Crippen LogP contribution is 2.62. The number of benzene rings is 1. The van der Waals surface area contributed by atoms with Gasteiger partial charge in [-0.25, -0.2) is 0 Å². The summed E-state index contributed by atoms with van der Waals surface area (Å²) in [6, 6.07) is 1.24. The lowest BCUT2D eigenvalue weighted by Crippen LogP contribution is -2.69. The van der Waals surface area contributed by atoms with Crippen LogP contribution in [0.2, 0.25) is 0 Å². The Labute approximate surface area is 158 Å². The van der Waals surface area contributed by atoms with Crippen LogP contribution in [-0.2, 0) is 5.92 Å². The largest absolute Gasteiger partial charge is 0.460 e. The maximum absolute atomic E-state index is 13.9. The molecule has 0 N–H and O–H groups in total. The first-order valence-electron chi connectivity index (χ1n) is 6.07. The van der Waals surface area contributed by atoms with Gasteiger partial charge >= 0.3 is 35.8 Å². The van der Waals surface area contributed by atoms with E-state index in [1.807, 2.05) is 0 Å². The van der Waals surface area contributed by atoms with Gasteiger partial charge in [0, 0.05) is 14.5 Å². The van der Waals surface area contributed by atoms with Crippen molar-refractivity contribution in [1.82, 2.24) is 0 Å². The Kier molecular flexibility index (Phi) is 6.00. The molecule has 0 heterocycles. The van der Waals surface area contributed by atoms with E-state index in [1.165, 1.54) is 0 Å². The average molecular weight is 554 g/mol. The summed E-state index contributed by atoms with van der Waals surface area (Å²) in [4.78, 5) is 0. The summed E-state index contributed by atoms with van der Waals surface area (Å²) in [5.74, 6) is -37.1. The van der Waals surface area contributed by atoms with Gasteiger partial charge in [0.25, 0.3) is 0 Å². The maximum Gasteiger partial charge on any atom is 0.460 e. The molecule has 27 heavy (non-hydrogen) atoms. The molecule has 0 aliphatic carbocycles. The number of hydrogen-bond donors (Lipinski definition) is 0. The van der Waals surface area contributed by atoms with E-state index in [0.717, 1.165) is 0 Å². The minimum Gasteiger partial charge on any atom is -0.194 e. The monoisotopic (exact) mass is 552 g/mol. The van der Waals surface area contributed by atoms with Gasteiger partial charge in [0.15, 0.2) is 0 Å². The van der Waals surface area contributed by atoms with E-state index in [-0.39, 0.29) is 10.5 Å². The quantitative estimate of drug-likeness (QED) is 0.333. The van der Waals surface area contributed by atoms with Crippen molar-refractivity contribution >= 4 is 31.9 Å². The van der Waals surface area contributed by atoms with Gasteiger partial charge in [-0.1, -0.05) is 37.9 Å². The van der Waals surface area contributed by atoms with Crippen molar-refractivity contribution in [1.29, 1.82) is 0 Å². The van der Waals surface area contributed by atoms with Crippen LogP contribution in [0, 0.1) is 0 Å². The lowest BCUT2D eigenvalue weighted by Gasteiger charge is -2.40. The first-order chi connectivity index (χ1) is 11.7. The fourth-order valence-electron chi connectivity index (χ4n) is 1.68. The van der Waals surface area contributed by atoms with Crippen LogP contribution in [0.15, 0.2) is 27.1 Å². The van der Waals surface area contributed by atoms with E-state index in [0.29, 0.717) is 12.1 Å². The Balaban J connectivity index is 3.63. The molecule has 1 aromatic rings. The van der Waals surface area contributed by atoms with Crippen LogP contribution in [0.25, 0.3) is 0 Å². The molecule has 0 saturated heterocycles. The van der Waals surface area contributed by atoms with Gasteiger partial charge < -0.3 is 0 Å². The van der Waals surface area contributed by atoms with Crippen molar-refractivity contribution in [3.8, 4) is 0 Å². The van der Waals surface area contributed by atoms with Gasteiger partial charge in [-0.05, 0) is 12.1 Å². The molecule has 0 saturated carbocycles. The molecule has 0 aromatic heterocycles. The predicted molar refractivity (Wildman–Crippen MR) is 71.6 cm³/mol. The third-order valence-corrected chi connectivity index (χ3v) is 4.35. The van der Waals surface area contributed by atoms with Crippen molar-refractivity contribution in [2.45, 2.75) is 35.8 Å². The Bertz CT molecular complexity index is 708. The second-order valence-corrected chi connectivity index (χ2v) is 6.76. The standard InChI is InChI=1S/C12H3Br2F13/c13-4-1-2-5(6(14)3-4)7(15,16)8(17,18)9(19,20)10(21,22)11(23,24)12(25,26)27/h1-3H. The van der Waals surface area contributed by atoms with Crippen molar-refractivity contribution in [3.05, 3.63) is 32.7 Å². The van der Waals surface area contributed by atoms with E-state index in [4.69, 9.17) is 0 Å². The number of hydrogen-bond acceptors (Lipinski definition) is 0. The van der Waals surface area contributed by atoms with Crippen LogP contribution < -0.4 is 0 Å². The first-order valence-corrected chi connectivity index (χ1v) is 7.66. The molecule has 0 bridgehead atoms. The van der Waals surface area contributed by atoms with Crippen LogP contribution in [0.1, 0.15) is 5.56 Å². The smallest absolute Gasteiger partial charge is 0.194 e. The van der Waals surface area contributed by atoms with E-state index >= 15 is 0 Å². The molecule has 0 nitrogen and oxygen atoms in total. The molecule has 0 aliphatic heterocycles. The summed E-state index contributed by atoms with van der Waals surface area (Å²) in [5, 5.41) is 0. The lowest BCUT2D eigenvalue weighted by atomic mass is 9.90. The number of alkyl halides is 13. The first kappa shape index (κ1) is 24.3. The summed E-state index contributed by atoms with van der Waals surface area (Å²) in [6.45, 7) is 0. The normalized spacial score (nSPS) is 15.2. The maximum atomic E-state index is 13.9. The zero-order chi connectivity index (χ0) is 21.9. The highest BCUT2D eigenvalue weighted by atomic mass is 79.9. The minimum absolute atomic E-state index is 0.0538. The van der Waals surface area contributed by atoms with Crippen LogP contribution in [-0.4, -0.2) is 29.9 Å². The van der Waals surface area contributed by atoms with Gasteiger partial charge in [0.05, 0.1) is 0 Å².